The number of phenols is 1. The number of allylic oxidation sites excluding steroid dienone is 1. The summed E-state index contributed by atoms with van der Waals surface area (Å²) in [5.74, 6) is 0.344. The van der Waals surface area contributed by atoms with Crippen molar-refractivity contribution in [2.24, 2.45) is 0 Å². The van der Waals surface area contributed by atoms with Gasteiger partial charge in [0.15, 0.2) is 7.37 Å². The normalized spacial score (nSPS) is 20.5. The van der Waals surface area contributed by atoms with Crippen molar-refractivity contribution in [1.82, 2.24) is 5.48 Å². The summed E-state index contributed by atoms with van der Waals surface area (Å²) in [5, 5.41) is 10.8. The van der Waals surface area contributed by atoms with Crippen molar-refractivity contribution in [2.75, 3.05) is 12.8 Å². The average molecular weight is 381 g/mol. The summed E-state index contributed by atoms with van der Waals surface area (Å²) in [6.07, 6.45) is 2.35. The molecule has 1 aromatic rings. The van der Waals surface area contributed by atoms with Gasteiger partial charge in [-0.25, -0.2) is 0 Å². The molecule has 0 spiro atoms. The third-order valence-corrected chi connectivity index (χ3v) is 5.60. The number of benzene rings is 1. The highest BCUT2D eigenvalue weighted by Gasteiger charge is 2.29. The molecular formula is C20H32NO4P. The second-order valence-electron chi connectivity index (χ2n) is 9.32. The van der Waals surface area contributed by atoms with Crippen LogP contribution in [0.4, 0.5) is 0 Å². The van der Waals surface area contributed by atoms with Gasteiger partial charge in [0.2, 0.25) is 0 Å². The lowest BCUT2D eigenvalue weighted by atomic mass is 9.78. The molecule has 0 saturated carbocycles. The lowest BCUT2D eigenvalue weighted by molar-refractivity contribution is 0.0408. The van der Waals surface area contributed by atoms with E-state index in [9.17, 15) is 14.6 Å². The Morgan fingerprint density at radius 1 is 1.12 bits per heavy atom. The van der Waals surface area contributed by atoms with Crippen molar-refractivity contribution in [1.29, 1.82) is 0 Å². The number of rotatable bonds is 4. The standard InChI is InChI=1S/C20H32NO4P/c1-19(2,3)15-10-13(11-16(18(15)22)20(4,5)6)17-12-14(21-25-17)8-9-26(7,23)24/h10-12,17,21-22H,8-9H2,1-7H3,(H,23,24). The highest BCUT2D eigenvalue weighted by Crippen LogP contribution is 2.42. The Bertz CT molecular complexity index is 715. The molecule has 0 radical (unpaired) electrons. The molecule has 2 atom stereocenters. The molecular weight excluding hydrogens is 349 g/mol. The van der Waals surface area contributed by atoms with Gasteiger partial charge in [0.25, 0.3) is 0 Å². The molecule has 3 N–H and O–H groups in total. The first-order valence-electron chi connectivity index (χ1n) is 8.98. The number of phenolic OH excluding ortho intramolecular Hbond substituents is 1. The van der Waals surface area contributed by atoms with Gasteiger partial charge in [0, 0.05) is 18.5 Å². The van der Waals surface area contributed by atoms with E-state index in [1.54, 1.807) is 0 Å². The molecule has 2 unspecified atom stereocenters. The maximum absolute atomic E-state index is 11.5. The Morgan fingerprint density at radius 3 is 2.04 bits per heavy atom. The fourth-order valence-corrected chi connectivity index (χ4v) is 3.64. The number of hydroxylamine groups is 1. The molecule has 0 aliphatic carbocycles. The molecule has 5 nitrogen and oxygen atoms in total. The van der Waals surface area contributed by atoms with Gasteiger partial charge < -0.3 is 10.00 Å². The molecule has 0 bridgehead atoms. The molecule has 2 rings (SSSR count). The lowest BCUT2D eigenvalue weighted by Crippen LogP contribution is -2.18. The van der Waals surface area contributed by atoms with E-state index >= 15 is 0 Å². The zero-order valence-electron chi connectivity index (χ0n) is 16.9. The van der Waals surface area contributed by atoms with Gasteiger partial charge in [0.05, 0.1) is 0 Å². The van der Waals surface area contributed by atoms with Crippen LogP contribution in [0.15, 0.2) is 23.9 Å². The van der Waals surface area contributed by atoms with E-state index in [2.05, 4.69) is 47.0 Å². The molecule has 0 saturated heterocycles. The van der Waals surface area contributed by atoms with E-state index in [1.807, 2.05) is 18.2 Å². The number of aromatic hydroxyl groups is 1. The third kappa shape index (κ3) is 5.12. The van der Waals surface area contributed by atoms with Crippen molar-refractivity contribution in [3.05, 3.63) is 40.6 Å². The first kappa shape index (κ1) is 21.0. The smallest absolute Gasteiger partial charge is 0.198 e. The summed E-state index contributed by atoms with van der Waals surface area (Å²) in [5.41, 5.74) is 6.02. The zero-order valence-corrected chi connectivity index (χ0v) is 17.8. The summed E-state index contributed by atoms with van der Waals surface area (Å²) < 4.78 is 11.5. The Balaban J connectivity index is 2.41. The number of nitrogens with one attached hydrogen (secondary N) is 1. The summed E-state index contributed by atoms with van der Waals surface area (Å²) >= 11 is 0. The Hall–Kier alpha value is -1.29. The minimum Gasteiger partial charge on any atom is -0.507 e. The predicted molar refractivity (Wildman–Crippen MR) is 106 cm³/mol. The second-order valence-corrected chi connectivity index (χ2v) is 11.9. The summed E-state index contributed by atoms with van der Waals surface area (Å²) in [7, 11) is -3.05. The summed E-state index contributed by atoms with van der Waals surface area (Å²) in [6.45, 7) is 13.8. The highest BCUT2D eigenvalue weighted by molar-refractivity contribution is 7.57. The van der Waals surface area contributed by atoms with E-state index < -0.39 is 7.37 Å². The Kier molecular flexibility index (Phi) is 5.68. The largest absolute Gasteiger partial charge is 0.507 e. The zero-order chi connectivity index (χ0) is 19.9. The van der Waals surface area contributed by atoms with E-state index in [4.69, 9.17) is 4.84 Å². The monoisotopic (exact) mass is 381 g/mol. The lowest BCUT2D eigenvalue weighted by Gasteiger charge is -2.28. The highest BCUT2D eigenvalue weighted by atomic mass is 31.2. The number of hydrogen-bond acceptors (Lipinski definition) is 4. The van der Waals surface area contributed by atoms with Crippen molar-refractivity contribution >= 4 is 7.37 Å². The fraction of sp³-hybridized carbons (Fsp3) is 0.600. The van der Waals surface area contributed by atoms with E-state index in [0.717, 1.165) is 22.4 Å². The quantitative estimate of drug-likeness (QED) is 0.657. The first-order chi connectivity index (χ1) is 11.7. The molecule has 1 aromatic carbocycles. The fourth-order valence-electron chi connectivity index (χ4n) is 2.98. The molecule has 26 heavy (non-hydrogen) atoms. The van der Waals surface area contributed by atoms with Crippen LogP contribution >= 0.6 is 7.37 Å². The molecule has 146 valence electrons. The van der Waals surface area contributed by atoms with Gasteiger partial charge in [-0.2, -0.15) is 0 Å². The molecule has 6 heteroatoms. The molecule has 1 heterocycles. The Labute approximate surface area is 156 Å². The summed E-state index contributed by atoms with van der Waals surface area (Å²) in [4.78, 5) is 15.2. The number of hydrogen-bond donors (Lipinski definition) is 3. The maximum Gasteiger partial charge on any atom is 0.198 e. The molecule has 0 fully saturated rings. The van der Waals surface area contributed by atoms with Crippen LogP contribution in [0.5, 0.6) is 5.75 Å². The second kappa shape index (κ2) is 7.03. The average Bonchev–Trinajstić information content (AvgIpc) is 2.91. The van der Waals surface area contributed by atoms with Gasteiger partial charge >= 0.3 is 0 Å². The molecule has 0 aromatic heterocycles. The van der Waals surface area contributed by atoms with Crippen LogP contribution in [0.25, 0.3) is 0 Å². The van der Waals surface area contributed by atoms with Crippen LogP contribution in [-0.4, -0.2) is 22.8 Å². The van der Waals surface area contributed by atoms with Crippen LogP contribution in [0, 0.1) is 0 Å². The van der Waals surface area contributed by atoms with Crippen molar-refractivity contribution in [3.63, 3.8) is 0 Å². The van der Waals surface area contributed by atoms with E-state index in [1.165, 1.54) is 6.66 Å². The van der Waals surface area contributed by atoms with Gasteiger partial charge in [-0.3, -0.25) is 14.9 Å². The van der Waals surface area contributed by atoms with Crippen LogP contribution in [-0.2, 0) is 20.2 Å². The van der Waals surface area contributed by atoms with Crippen molar-refractivity contribution in [2.45, 2.75) is 64.9 Å². The van der Waals surface area contributed by atoms with E-state index in [0.29, 0.717) is 12.2 Å². The van der Waals surface area contributed by atoms with Crippen LogP contribution in [0.3, 0.4) is 0 Å². The minimum absolute atomic E-state index is 0.204. The van der Waals surface area contributed by atoms with Gasteiger partial charge in [-0.05, 0) is 52.1 Å². The van der Waals surface area contributed by atoms with Gasteiger partial charge in [-0.15, -0.1) is 0 Å². The predicted octanol–water partition coefficient (Wildman–Crippen LogP) is 4.74. The molecule has 1 aliphatic rings. The SMILES string of the molecule is CC(C)(C)c1cc(C2C=C(CCP(C)(=O)O)NO2)cc(C(C)(C)C)c1O. The van der Waals surface area contributed by atoms with Gasteiger partial charge in [-0.1, -0.05) is 41.5 Å². The summed E-state index contributed by atoms with van der Waals surface area (Å²) in [6, 6.07) is 3.99. The van der Waals surface area contributed by atoms with Crippen molar-refractivity contribution in [3.8, 4) is 5.75 Å². The molecule has 1 aliphatic heterocycles. The minimum atomic E-state index is -3.05. The first-order valence-corrected chi connectivity index (χ1v) is 11.3. The van der Waals surface area contributed by atoms with Crippen molar-refractivity contribution < 1.29 is 19.4 Å². The Morgan fingerprint density at radius 2 is 1.62 bits per heavy atom. The third-order valence-electron chi connectivity index (χ3n) is 4.54. The maximum atomic E-state index is 11.5. The molecule has 0 amide bonds. The van der Waals surface area contributed by atoms with Crippen LogP contribution < -0.4 is 5.48 Å². The van der Waals surface area contributed by atoms with Gasteiger partial charge in [0.1, 0.15) is 11.9 Å². The van der Waals surface area contributed by atoms with Crippen LogP contribution in [0.1, 0.15) is 70.8 Å². The van der Waals surface area contributed by atoms with E-state index in [-0.39, 0.29) is 23.1 Å². The topological polar surface area (TPSA) is 78.8 Å². The van der Waals surface area contributed by atoms with Crippen LogP contribution in [0.2, 0.25) is 0 Å².